The summed E-state index contributed by atoms with van der Waals surface area (Å²) in [7, 11) is 0. The van der Waals surface area contributed by atoms with Gasteiger partial charge in [0.05, 0.1) is 0 Å². The maximum Gasteiger partial charge on any atom is 0.326 e. The minimum Gasteiger partial charge on any atom is -0.480 e. The lowest BCUT2D eigenvalue weighted by Gasteiger charge is -2.33. The van der Waals surface area contributed by atoms with Crippen molar-refractivity contribution >= 4 is 35.4 Å². The predicted molar refractivity (Wildman–Crippen MR) is 172 cm³/mol. The van der Waals surface area contributed by atoms with Gasteiger partial charge in [-0.25, -0.2) is 4.79 Å². The summed E-state index contributed by atoms with van der Waals surface area (Å²) in [4.78, 5) is 25.2. The summed E-state index contributed by atoms with van der Waals surface area (Å²) in [5, 5.41) is 12.4. The van der Waals surface area contributed by atoms with Crippen LogP contribution in [0.4, 0.5) is 0 Å². The average Bonchev–Trinajstić information content (AvgIpc) is 2.93. The predicted octanol–water partition coefficient (Wildman–Crippen LogP) is 7.72. The zero-order valence-electron chi connectivity index (χ0n) is 24.9. The smallest absolute Gasteiger partial charge is 0.326 e. The summed E-state index contributed by atoms with van der Waals surface area (Å²) in [6.45, 7) is 8.98. The molecule has 3 atom stereocenters. The number of aliphatic carboxylic acids is 1. The van der Waals surface area contributed by atoms with Crippen LogP contribution < -0.4 is 11.1 Å². The molecule has 0 heterocycles. The second kappa shape index (κ2) is 15.3. The van der Waals surface area contributed by atoms with Gasteiger partial charge in [0.25, 0.3) is 5.91 Å². The number of hydrogen-bond donors (Lipinski definition) is 3. The number of carboxylic acid groups (broad SMARTS) is 1. The van der Waals surface area contributed by atoms with Crippen molar-refractivity contribution in [1.29, 1.82) is 0 Å². The van der Waals surface area contributed by atoms with Gasteiger partial charge in [0, 0.05) is 16.4 Å². The number of rotatable bonds is 14. The molecule has 1 aliphatic rings. The van der Waals surface area contributed by atoms with E-state index in [0.717, 1.165) is 33.9 Å². The minimum atomic E-state index is -1.02. The lowest BCUT2D eigenvalue weighted by molar-refractivity contribution is -0.139. The number of carboxylic acids is 1. The zero-order valence-corrected chi connectivity index (χ0v) is 26.5. The van der Waals surface area contributed by atoms with Gasteiger partial charge in [0.15, 0.2) is 0 Å². The quantitative estimate of drug-likeness (QED) is 0.211. The number of nitrogens with one attached hydrogen (secondary N) is 1. The van der Waals surface area contributed by atoms with Crippen LogP contribution in [0.15, 0.2) is 42.5 Å². The number of carbonyl (C=O) groups is 2. The van der Waals surface area contributed by atoms with E-state index in [0.29, 0.717) is 17.7 Å². The molecule has 220 valence electrons. The molecule has 7 heteroatoms. The van der Waals surface area contributed by atoms with Gasteiger partial charge in [-0.2, -0.15) is 23.5 Å². The molecule has 0 aliphatic heterocycles. The standard InChI is InChI=1S/C33H48N2O3S2/c1-22-11-9-10-14-26(22)28-19-25(15-16-27(28)31(36)35-29(32(37)38)17-18-39-5)30(34)23(2)21-40-33(3,4)20-24-12-7-6-8-13-24/h9-11,14-16,19,23-24,29-30H,6-8,12-13,17-18,20-21,34H2,1-5H3,(H,35,36)(H,37,38). The van der Waals surface area contributed by atoms with Gasteiger partial charge >= 0.3 is 5.97 Å². The number of amides is 1. The van der Waals surface area contributed by atoms with Gasteiger partial charge in [-0.15, -0.1) is 0 Å². The highest BCUT2D eigenvalue weighted by atomic mass is 32.2. The van der Waals surface area contributed by atoms with Crippen LogP contribution in [0.1, 0.15) is 93.2 Å². The molecule has 1 fully saturated rings. The normalized spacial score (nSPS) is 16.8. The van der Waals surface area contributed by atoms with Crippen LogP contribution in [0.3, 0.4) is 0 Å². The number of aryl methyl sites for hydroxylation is 1. The van der Waals surface area contributed by atoms with E-state index in [1.807, 2.05) is 67.4 Å². The number of carbonyl (C=O) groups excluding carboxylic acids is 1. The van der Waals surface area contributed by atoms with Crippen LogP contribution in [0.25, 0.3) is 11.1 Å². The van der Waals surface area contributed by atoms with E-state index in [4.69, 9.17) is 5.73 Å². The molecule has 40 heavy (non-hydrogen) atoms. The Balaban J connectivity index is 1.80. The Labute approximate surface area is 249 Å². The highest BCUT2D eigenvalue weighted by molar-refractivity contribution is 8.00. The lowest BCUT2D eigenvalue weighted by atomic mass is 9.83. The van der Waals surface area contributed by atoms with Crippen molar-refractivity contribution in [1.82, 2.24) is 5.32 Å². The van der Waals surface area contributed by atoms with E-state index in [9.17, 15) is 14.7 Å². The van der Waals surface area contributed by atoms with Crippen LogP contribution in [0.5, 0.6) is 0 Å². The first kappa shape index (κ1) is 32.6. The molecule has 1 amide bonds. The maximum absolute atomic E-state index is 13.4. The Morgan fingerprint density at radius 3 is 2.45 bits per heavy atom. The molecule has 2 aromatic rings. The summed E-state index contributed by atoms with van der Waals surface area (Å²) < 4.78 is 0.223. The minimum absolute atomic E-state index is 0.175. The molecule has 5 nitrogen and oxygen atoms in total. The van der Waals surface area contributed by atoms with Gasteiger partial charge in [-0.05, 0) is 83.7 Å². The van der Waals surface area contributed by atoms with E-state index in [1.54, 1.807) is 11.8 Å². The number of nitrogens with two attached hydrogens (primary N) is 1. The highest BCUT2D eigenvalue weighted by Gasteiger charge is 2.28. The Hall–Kier alpha value is -1.96. The average molecular weight is 585 g/mol. The van der Waals surface area contributed by atoms with Crippen LogP contribution in [-0.4, -0.2) is 45.5 Å². The summed E-state index contributed by atoms with van der Waals surface area (Å²) in [5.74, 6) is 1.33. The second-order valence-electron chi connectivity index (χ2n) is 12.0. The first-order chi connectivity index (χ1) is 19.0. The summed E-state index contributed by atoms with van der Waals surface area (Å²) in [5.41, 5.74) is 11.1. The number of benzene rings is 2. The molecular weight excluding hydrogens is 537 g/mol. The van der Waals surface area contributed by atoms with E-state index in [-0.39, 0.29) is 22.6 Å². The summed E-state index contributed by atoms with van der Waals surface area (Å²) in [6, 6.07) is 12.6. The summed E-state index contributed by atoms with van der Waals surface area (Å²) >= 11 is 3.59. The van der Waals surface area contributed by atoms with Crippen LogP contribution >= 0.6 is 23.5 Å². The molecule has 3 rings (SSSR count). The fourth-order valence-corrected chi connectivity index (χ4v) is 7.48. The van der Waals surface area contributed by atoms with Crippen LogP contribution in [-0.2, 0) is 4.79 Å². The van der Waals surface area contributed by atoms with Crippen molar-refractivity contribution in [3.63, 3.8) is 0 Å². The molecule has 3 unspecified atom stereocenters. The molecule has 2 aromatic carbocycles. The van der Waals surface area contributed by atoms with Gasteiger partial charge in [0.2, 0.25) is 0 Å². The molecule has 1 aliphatic carbocycles. The maximum atomic E-state index is 13.4. The first-order valence-corrected chi connectivity index (χ1v) is 17.0. The van der Waals surface area contributed by atoms with Crippen molar-refractivity contribution in [3.8, 4) is 11.1 Å². The molecule has 1 saturated carbocycles. The molecule has 4 N–H and O–H groups in total. The zero-order chi connectivity index (χ0) is 29.3. The third-order valence-corrected chi connectivity index (χ3v) is 10.5. The fraction of sp³-hybridized carbons (Fsp3) is 0.576. The van der Waals surface area contributed by atoms with E-state index in [1.165, 1.54) is 38.5 Å². The topological polar surface area (TPSA) is 92.4 Å². The Morgan fingerprint density at radius 1 is 1.10 bits per heavy atom. The SMILES string of the molecule is CSCCC(NC(=O)c1ccc(C(N)C(C)CSC(C)(C)CC2CCCCC2)cc1-c1ccccc1C)C(=O)O. The van der Waals surface area contributed by atoms with E-state index in [2.05, 4.69) is 26.1 Å². The Bertz CT molecular complexity index is 1130. The van der Waals surface area contributed by atoms with Crippen molar-refractivity contribution < 1.29 is 14.7 Å². The van der Waals surface area contributed by atoms with Gasteiger partial charge in [-0.1, -0.05) is 83.2 Å². The molecular formula is C33H48N2O3S2. The van der Waals surface area contributed by atoms with Crippen molar-refractivity contribution in [2.45, 2.75) is 89.5 Å². The lowest BCUT2D eigenvalue weighted by Crippen LogP contribution is -2.41. The van der Waals surface area contributed by atoms with Crippen molar-refractivity contribution in [2.24, 2.45) is 17.6 Å². The van der Waals surface area contributed by atoms with Crippen molar-refractivity contribution in [2.75, 3.05) is 17.8 Å². The molecule has 0 spiro atoms. The molecule has 0 radical (unpaired) electrons. The van der Waals surface area contributed by atoms with Crippen LogP contribution in [0.2, 0.25) is 0 Å². The Kier molecular flexibility index (Phi) is 12.5. The number of thioether (sulfide) groups is 2. The molecule has 0 bridgehead atoms. The van der Waals surface area contributed by atoms with Gasteiger partial charge in [0.1, 0.15) is 6.04 Å². The number of hydrogen-bond acceptors (Lipinski definition) is 5. The third kappa shape index (κ3) is 9.28. The molecule has 0 saturated heterocycles. The summed E-state index contributed by atoms with van der Waals surface area (Å²) in [6.07, 6.45) is 10.4. The Morgan fingerprint density at radius 2 is 1.80 bits per heavy atom. The van der Waals surface area contributed by atoms with Gasteiger partial charge < -0.3 is 16.2 Å². The second-order valence-corrected chi connectivity index (χ2v) is 14.8. The largest absolute Gasteiger partial charge is 0.480 e. The monoisotopic (exact) mass is 584 g/mol. The molecule has 0 aromatic heterocycles. The third-order valence-electron chi connectivity index (χ3n) is 8.18. The fourth-order valence-electron chi connectivity index (χ4n) is 5.73. The first-order valence-electron chi connectivity index (χ1n) is 14.6. The van der Waals surface area contributed by atoms with Crippen LogP contribution in [0, 0.1) is 18.8 Å². The van der Waals surface area contributed by atoms with E-state index < -0.39 is 12.0 Å². The highest BCUT2D eigenvalue weighted by Crippen LogP contribution is 2.39. The van der Waals surface area contributed by atoms with E-state index >= 15 is 0 Å². The van der Waals surface area contributed by atoms with Gasteiger partial charge in [-0.3, -0.25) is 4.79 Å². The van der Waals surface area contributed by atoms with Crippen molar-refractivity contribution in [3.05, 3.63) is 59.2 Å².